The van der Waals surface area contributed by atoms with Crippen LogP contribution in [0.25, 0.3) is 0 Å². The van der Waals surface area contributed by atoms with Crippen LogP contribution in [0.15, 0.2) is 53.4 Å². The average Bonchev–Trinajstić information content (AvgIpc) is 3.41. The van der Waals surface area contributed by atoms with E-state index in [-0.39, 0.29) is 12.1 Å². The lowest BCUT2D eigenvalue weighted by Crippen LogP contribution is -2.34. The summed E-state index contributed by atoms with van der Waals surface area (Å²) in [7, 11) is 1.67. The van der Waals surface area contributed by atoms with E-state index in [9.17, 15) is 4.79 Å². The zero-order valence-electron chi connectivity index (χ0n) is 16.4. The molecule has 2 aromatic rings. The van der Waals surface area contributed by atoms with Gasteiger partial charge in [0, 0.05) is 22.4 Å². The summed E-state index contributed by atoms with van der Waals surface area (Å²) in [6.45, 7) is 0.790. The summed E-state index contributed by atoms with van der Waals surface area (Å²) in [5.41, 5.74) is 2.03. The van der Waals surface area contributed by atoms with E-state index in [1.165, 1.54) is 30.6 Å². The highest BCUT2D eigenvalue weighted by Gasteiger charge is 2.30. The van der Waals surface area contributed by atoms with Gasteiger partial charge >= 0.3 is 6.03 Å². The number of hydrogen-bond donors (Lipinski definition) is 1. The Bertz CT molecular complexity index is 785. The molecule has 0 bridgehead atoms. The number of likely N-dealkylation sites (tertiary alicyclic amines) is 1. The highest BCUT2D eigenvalue weighted by Crippen LogP contribution is 2.36. The number of nitrogens with zero attached hydrogens (tertiary/aromatic N) is 1. The molecule has 28 heavy (non-hydrogen) atoms. The molecule has 1 atom stereocenters. The lowest BCUT2D eigenvalue weighted by molar-refractivity contribution is 0.207. The van der Waals surface area contributed by atoms with Crippen LogP contribution in [0.2, 0.25) is 0 Å². The van der Waals surface area contributed by atoms with Gasteiger partial charge in [0.05, 0.1) is 13.2 Å². The van der Waals surface area contributed by atoms with Crippen LogP contribution in [0.3, 0.4) is 0 Å². The molecule has 1 saturated heterocycles. The number of ether oxygens (including phenoxy) is 1. The number of amides is 2. The maximum Gasteiger partial charge on any atom is 0.322 e. The minimum Gasteiger partial charge on any atom is -0.497 e. The van der Waals surface area contributed by atoms with Crippen molar-refractivity contribution in [1.29, 1.82) is 0 Å². The molecule has 1 saturated carbocycles. The molecule has 1 N–H and O–H groups in total. The fourth-order valence-electron chi connectivity index (χ4n) is 4.19. The SMILES string of the molecule is COc1ccc(C2CCCN2C(=O)Nc2ccc(SC3CCCC3)cc2)cc1. The minimum absolute atomic E-state index is 0.0190. The van der Waals surface area contributed by atoms with Gasteiger partial charge in [-0.05, 0) is 67.6 Å². The Balaban J connectivity index is 1.37. The standard InChI is InChI=1S/C23H28N2O2S/c1-27-19-12-8-17(9-13-19)22-7-4-16-25(22)23(26)24-18-10-14-21(15-11-18)28-20-5-2-3-6-20/h8-15,20,22H,2-7,16H2,1H3,(H,24,26). The van der Waals surface area contributed by atoms with Gasteiger partial charge in [-0.25, -0.2) is 4.79 Å². The summed E-state index contributed by atoms with van der Waals surface area (Å²) in [5.74, 6) is 0.841. The van der Waals surface area contributed by atoms with Crippen molar-refractivity contribution in [3.8, 4) is 5.75 Å². The summed E-state index contributed by atoms with van der Waals surface area (Å²) in [6, 6.07) is 16.5. The monoisotopic (exact) mass is 396 g/mol. The fraction of sp³-hybridized carbons (Fsp3) is 0.435. The Morgan fingerprint density at radius 2 is 1.71 bits per heavy atom. The molecule has 1 aliphatic heterocycles. The molecule has 1 heterocycles. The Labute approximate surface area is 171 Å². The van der Waals surface area contributed by atoms with Crippen LogP contribution in [-0.4, -0.2) is 29.8 Å². The number of carbonyl (C=O) groups is 1. The molecule has 5 heteroatoms. The molecule has 148 valence electrons. The lowest BCUT2D eigenvalue weighted by Gasteiger charge is -2.25. The van der Waals surface area contributed by atoms with E-state index < -0.39 is 0 Å². The summed E-state index contributed by atoms with van der Waals surface area (Å²) >= 11 is 1.97. The van der Waals surface area contributed by atoms with Crippen LogP contribution in [0, 0.1) is 0 Å². The Morgan fingerprint density at radius 3 is 2.39 bits per heavy atom. The van der Waals surface area contributed by atoms with Crippen molar-refractivity contribution in [3.63, 3.8) is 0 Å². The summed E-state index contributed by atoms with van der Waals surface area (Å²) in [4.78, 5) is 16.1. The van der Waals surface area contributed by atoms with Crippen molar-refractivity contribution in [2.45, 2.75) is 54.7 Å². The Morgan fingerprint density at radius 1 is 1.00 bits per heavy atom. The lowest BCUT2D eigenvalue weighted by atomic mass is 10.0. The predicted molar refractivity (Wildman–Crippen MR) is 115 cm³/mol. The van der Waals surface area contributed by atoms with E-state index >= 15 is 0 Å². The topological polar surface area (TPSA) is 41.6 Å². The first kappa shape index (κ1) is 19.2. The molecule has 1 aliphatic carbocycles. The first-order valence-electron chi connectivity index (χ1n) is 10.2. The molecule has 1 unspecified atom stereocenters. The molecule has 2 aliphatic rings. The van der Waals surface area contributed by atoms with Crippen molar-refractivity contribution in [2.75, 3.05) is 19.0 Å². The zero-order valence-corrected chi connectivity index (χ0v) is 17.2. The number of nitrogens with one attached hydrogen (secondary N) is 1. The smallest absolute Gasteiger partial charge is 0.322 e. The summed E-state index contributed by atoms with van der Waals surface area (Å²) in [6.07, 6.45) is 7.39. The fourth-order valence-corrected chi connectivity index (χ4v) is 5.44. The zero-order chi connectivity index (χ0) is 19.3. The Hall–Kier alpha value is -2.14. The van der Waals surface area contributed by atoms with Crippen molar-refractivity contribution < 1.29 is 9.53 Å². The van der Waals surface area contributed by atoms with Crippen molar-refractivity contribution in [1.82, 2.24) is 4.90 Å². The van der Waals surface area contributed by atoms with Gasteiger partial charge in [-0.3, -0.25) is 0 Å². The molecule has 2 amide bonds. The summed E-state index contributed by atoms with van der Waals surface area (Å²) < 4.78 is 5.24. The van der Waals surface area contributed by atoms with E-state index in [0.29, 0.717) is 0 Å². The molecular formula is C23H28N2O2S. The largest absolute Gasteiger partial charge is 0.497 e. The number of urea groups is 1. The van der Waals surface area contributed by atoms with Gasteiger partial charge in [0.15, 0.2) is 0 Å². The molecule has 4 rings (SSSR count). The normalized spacial score (nSPS) is 19.8. The maximum absolute atomic E-state index is 12.9. The van der Waals surface area contributed by atoms with Gasteiger partial charge in [0.25, 0.3) is 0 Å². The van der Waals surface area contributed by atoms with Gasteiger partial charge in [0.2, 0.25) is 0 Å². The van der Waals surface area contributed by atoms with Crippen LogP contribution >= 0.6 is 11.8 Å². The van der Waals surface area contributed by atoms with Crippen LogP contribution in [0.5, 0.6) is 5.75 Å². The quantitative estimate of drug-likeness (QED) is 0.664. The maximum atomic E-state index is 12.9. The highest BCUT2D eigenvalue weighted by atomic mass is 32.2. The van der Waals surface area contributed by atoms with E-state index in [0.717, 1.165) is 41.6 Å². The third-order valence-corrected chi connectivity index (χ3v) is 7.07. The summed E-state index contributed by atoms with van der Waals surface area (Å²) in [5, 5.41) is 3.84. The highest BCUT2D eigenvalue weighted by molar-refractivity contribution is 8.00. The number of anilines is 1. The molecule has 2 fully saturated rings. The second-order valence-electron chi connectivity index (χ2n) is 7.60. The van der Waals surface area contributed by atoms with Crippen LogP contribution in [-0.2, 0) is 0 Å². The molecule has 0 spiro atoms. The second kappa shape index (κ2) is 8.91. The van der Waals surface area contributed by atoms with E-state index in [1.807, 2.05) is 40.9 Å². The number of carbonyl (C=O) groups excluding carboxylic acids is 1. The van der Waals surface area contributed by atoms with Crippen molar-refractivity contribution >= 4 is 23.5 Å². The van der Waals surface area contributed by atoms with Gasteiger partial charge in [-0.1, -0.05) is 25.0 Å². The first-order chi connectivity index (χ1) is 13.7. The number of thioether (sulfide) groups is 1. The third-order valence-electron chi connectivity index (χ3n) is 5.72. The van der Waals surface area contributed by atoms with Crippen LogP contribution in [0.4, 0.5) is 10.5 Å². The number of benzene rings is 2. The second-order valence-corrected chi connectivity index (χ2v) is 8.98. The van der Waals surface area contributed by atoms with Crippen LogP contribution in [0.1, 0.15) is 50.1 Å². The van der Waals surface area contributed by atoms with Crippen molar-refractivity contribution in [2.24, 2.45) is 0 Å². The van der Waals surface area contributed by atoms with E-state index in [4.69, 9.17) is 4.74 Å². The number of hydrogen-bond acceptors (Lipinski definition) is 3. The minimum atomic E-state index is -0.0190. The van der Waals surface area contributed by atoms with Gasteiger partial charge in [0.1, 0.15) is 5.75 Å². The number of rotatable bonds is 5. The van der Waals surface area contributed by atoms with E-state index in [2.05, 4.69) is 29.6 Å². The molecular weight excluding hydrogens is 368 g/mol. The van der Waals surface area contributed by atoms with Gasteiger partial charge in [-0.2, -0.15) is 0 Å². The predicted octanol–water partition coefficient (Wildman–Crippen LogP) is 6.10. The van der Waals surface area contributed by atoms with E-state index in [1.54, 1.807) is 7.11 Å². The molecule has 4 nitrogen and oxygen atoms in total. The third kappa shape index (κ3) is 4.46. The molecule has 0 aromatic heterocycles. The molecule has 2 aromatic carbocycles. The number of methoxy groups -OCH3 is 1. The average molecular weight is 397 g/mol. The van der Waals surface area contributed by atoms with Gasteiger partial charge < -0.3 is 15.0 Å². The van der Waals surface area contributed by atoms with Crippen LogP contribution < -0.4 is 10.1 Å². The first-order valence-corrected chi connectivity index (χ1v) is 11.1. The Kier molecular flexibility index (Phi) is 6.10. The van der Waals surface area contributed by atoms with Crippen molar-refractivity contribution in [3.05, 3.63) is 54.1 Å². The van der Waals surface area contributed by atoms with Gasteiger partial charge in [-0.15, -0.1) is 11.8 Å². The molecule has 0 radical (unpaired) electrons.